The quantitative estimate of drug-likeness (QED) is 0.838. The second kappa shape index (κ2) is 5.41. The Morgan fingerprint density at radius 2 is 2.29 bits per heavy atom. The van der Waals surface area contributed by atoms with Gasteiger partial charge in [-0.25, -0.2) is 0 Å². The molecule has 0 aliphatic carbocycles. The minimum absolute atomic E-state index is 0.557. The number of ether oxygens (including phenoxy) is 1. The summed E-state index contributed by atoms with van der Waals surface area (Å²) in [5.74, 6) is 1.62. The van der Waals surface area contributed by atoms with Crippen LogP contribution in [0.15, 0.2) is 18.2 Å². The summed E-state index contributed by atoms with van der Waals surface area (Å²) in [4.78, 5) is 0. The van der Waals surface area contributed by atoms with E-state index in [-0.39, 0.29) is 0 Å². The van der Waals surface area contributed by atoms with Crippen LogP contribution in [0.3, 0.4) is 0 Å². The number of methoxy groups -OCH3 is 1. The van der Waals surface area contributed by atoms with E-state index in [1.165, 1.54) is 11.3 Å². The van der Waals surface area contributed by atoms with Gasteiger partial charge in [0.05, 0.1) is 12.8 Å². The minimum atomic E-state index is 0.557. The largest absolute Gasteiger partial charge is 0.495 e. The molecule has 94 valence electrons. The van der Waals surface area contributed by atoms with Gasteiger partial charge in [-0.05, 0) is 24.0 Å². The summed E-state index contributed by atoms with van der Waals surface area (Å²) >= 11 is 0. The predicted molar refractivity (Wildman–Crippen MR) is 71.8 cm³/mol. The standard InChI is InChI=1S/C14H22N2O/c1-10(2)15-8-11-7-12-5-4-6-13(17-3)14(12)16-9-11/h4-6,10-11,15-16H,7-9H2,1-3H3. The molecule has 1 heterocycles. The molecule has 1 atom stereocenters. The Balaban J connectivity index is 2.04. The molecule has 1 aromatic rings. The van der Waals surface area contributed by atoms with Crippen LogP contribution in [0, 0.1) is 5.92 Å². The third kappa shape index (κ3) is 2.91. The van der Waals surface area contributed by atoms with Crippen molar-refractivity contribution in [3.8, 4) is 5.75 Å². The lowest BCUT2D eigenvalue weighted by molar-refractivity contribution is 0.410. The van der Waals surface area contributed by atoms with Gasteiger partial charge in [0.15, 0.2) is 0 Å². The van der Waals surface area contributed by atoms with E-state index in [1.807, 2.05) is 6.07 Å². The van der Waals surface area contributed by atoms with Crippen LogP contribution in [0.2, 0.25) is 0 Å². The molecule has 1 aliphatic rings. The van der Waals surface area contributed by atoms with E-state index < -0.39 is 0 Å². The molecule has 1 aliphatic heterocycles. The highest BCUT2D eigenvalue weighted by Crippen LogP contribution is 2.33. The van der Waals surface area contributed by atoms with Crippen LogP contribution in [0.4, 0.5) is 5.69 Å². The van der Waals surface area contributed by atoms with Gasteiger partial charge in [0.2, 0.25) is 0 Å². The molecular weight excluding hydrogens is 212 g/mol. The fourth-order valence-corrected chi connectivity index (χ4v) is 2.29. The van der Waals surface area contributed by atoms with Crippen molar-refractivity contribution in [1.29, 1.82) is 0 Å². The van der Waals surface area contributed by atoms with Crippen molar-refractivity contribution in [3.05, 3.63) is 23.8 Å². The maximum atomic E-state index is 5.37. The first kappa shape index (κ1) is 12.2. The lowest BCUT2D eigenvalue weighted by Crippen LogP contribution is -2.35. The van der Waals surface area contributed by atoms with E-state index in [0.717, 1.165) is 25.3 Å². The first-order chi connectivity index (χ1) is 8.20. The summed E-state index contributed by atoms with van der Waals surface area (Å²) in [6.45, 7) is 6.47. The van der Waals surface area contributed by atoms with Gasteiger partial charge in [-0.1, -0.05) is 26.0 Å². The Kier molecular flexibility index (Phi) is 3.89. The lowest BCUT2D eigenvalue weighted by atomic mass is 9.93. The zero-order valence-corrected chi connectivity index (χ0v) is 10.9. The normalized spacial score (nSPS) is 18.7. The average Bonchev–Trinajstić information content (AvgIpc) is 2.35. The van der Waals surface area contributed by atoms with Crippen LogP contribution in [-0.2, 0) is 6.42 Å². The zero-order valence-electron chi connectivity index (χ0n) is 10.9. The van der Waals surface area contributed by atoms with Crippen LogP contribution >= 0.6 is 0 Å². The molecule has 0 radical (unpaired) electrons. The van der Waals surface area contributed by atoms with Crippen LogP contribution < -0.4 is 15.4 Å². The summed E-state index contributed by atoms with van der Waals surface area (Å²) < 4.78 is 5.37. The number of anilines is 1. The highest BCUT2D eigenvalue weighted by atomic mass is 16.5. The van der Waals surface area contributed by atoms with Crippen molar-refractivity contribution >= 4 is 5.69 Å². The Morgan fingerprint density at radius 3 is 3.00 bits per heavy atom. The van der Waals surface area contributed by atoms with E-state index >= 15 is 0 Å². The summed E-state index contributed by atoms with van der Waals surface area (Å²) in [5.41, 5.74) is 2.54. The second-order valence-corrected chi connectivity index (χ2v) is 5.01. The molecule has 1 aromatic carbocycles. The molecule has 0 aromatic heterocycles. The highest BCUT2D eigenvalue weighted by molar-refractivity contribution is 5.63. The molecular formula is C14H22N2O. The monoisotopic (exact) mass is 234 g/mol. The van der Waals surface area contributed by atoms with Gasteiger partial charge in [-0.3, -0.25) is 0 Å². The van der Waals surface area contributed by atoms with E-state index in [0.29, 0.717) is 12.0 Å². The zero-order chi connectivity index (χ0) is 12.3. The number of nitrogens with one attached hydrogen (secondary N) is 2. The first-order valence-electron chi connectivity index (χ1n) is 6.34. The van der Waals surface area contributed by atoms with Gasteiger partial charge in [-0.15, -0.1) is 0 Å². The Labute approximate surface area is 104 Å². The molecule has 2 rings (SSSR count). The molecule has 0 saturated carbocycles. The molecule has 3 nitrogen and oxygen atoms in total. The van der Waals surface area contributed by atoms with Crippen molar-refractivity contribution in [2.45, 2.75) is 26.3 Å². The molecule has 2 N–H and O–H groups in total. The summed E-state index contributed by atoms with van der Waals surface area (Å²) in [5, 5.41) is 6.99. The second-order valence-electron chi connectivity index (χ2n) is 5.01. The first-order valence-corrected chi connectivity index (χ1v) is 6.34. The van der Waals surface area contributed by atoms with Crippen molar-refractivity contribution in [3.63, 3.8) is 0 Å². The van der Waals surface area contributed by atoms with Gasteiger partial charge >= 0.3 is 0 Å². The maximum Gasteiger partial charge on any atom is 0.142 e. The molecule has 0 amide bonds. The van der Waals surface area contributed by atoms with Crippen molar-refractivity contribution in [2.24, 2.45) is 5.92 Å². The molecule has 0 spiro atoms. The maximum absolute atomic E-state index is 5.37. The van der Waals surface area contributed by atoms with Crippen molar-refractivity contribution in [2.75, 3.05) is 25.5 Å². The lowest BCUT2D eigenvalue weighted by Gasteiger charge is -2.28. The van der Waals surface area contributed by atoms with Crippen LogP contribution in [-0.4, -0.2) is 26.2 Å². The van der Waals surface area contributed by atoms with Crippen LogP contribution in [0.5, 0.6) is 5.75 Å². The third-order valence-corrected chi connectivity index (χ3v) is 3.22. The number of hydrogen-bond acceptors (Lipinski definition) is 3. The highest BCUT2D eigenvalue weighted by Gasteiger charge is 2.20. The molecule has 3 heteroatoms. The summed E-state index contributed by atoms with van der Waals surface area (Å²) in [6, 6.07) is 6.82. The van der Waals surface area contributed by atoms with Crippen molar-refractivity contribution in [1.82, 2.24) is 5.32 Å². The van der Waals surface area contributed by atoms with Crippen LogP contribution in [0.25, 0.3) is 0 Å². The van der Waals surface area contributed by atoms with Gasteiger partial charge in [0.25, 0.3) is 0 Å². The number of fused-ring (bicyclic) bond motifs is 1. The number of para-hydroxylation sites is 1. The molecule has 17 heavy (non-hydrogen) atoms. The van der Waals surface area contributed by atoms with E-state index in [4.69, 9.17) is 4.74 Å². The third-order valence-electron chi connectivity index (χ3n) is 3.22. The van der Waals surface area contributed by atoms with Gasteiger partial charge in [0, 0.05) is 19.1 Å². The number of benzene rings is 1. The van der Waals surface area contributed by atoms with Crippen LogP contribution in [0.1, 0.15) is 19.4 Å². The Bertz CT molecular complexity index is 376. The molecule has 0 bridgehead atoms. The minimum Gasteiger partial charge on any atom is -0.495 e. The SMILES string of the molecule is COc1cccc2c1NCC(CNC(C)C)C2. The average molecular weight is 234 g/mol. The summed E-state index contributed by atoms with van der Waals surface area (Å²) in [6.07, 6.45) is 1.12. The van der Waals surface area contributed by atoms with Crippen molar-refractivity contribution < 1.29 is 4.74 Å². The fraction of sp³-hybridized carbons (Fsp3) is 0.571. The van der Waals surface area contributed by atoms with E-state index in [1.54, 1.807) is 7.11 Å². The van der Waals surface area contributed by atoms with E-state index in [2.05, 4.69) is 36.6 Å². The number of hydrogen-bond donors (Lipinski definition) is 2. The molecule has 0 fully saturated rings. The Hall–Kier alpha value is -1.22. The fourth-order valence-electron chi connectivity index (χ4n) is 2.29. The number of rotatable bonds is 4. The predicted octanol–water partition coefficient (Wildman–Crippen LogP) is 2.28. The van der Waals surface area contributed by atoms with Gasteiger partial charge in [0.1, 0.15) is 5.75 Å². The van der Waals surface area contributed by atoms with E-state index in [9.17, 15) is 0 Å². The molecule has 0 saturated heterocycles. The van der Waals surface area contributed by atoms with Gasteiger partial charge < -0.3 is 15.4 Å². The Morgan fingerprint density at radius 1 is 1.47 bits per heavy atom. The molecule has 1 unspecified atom stereocenters. The summed E-state index contributed by atoms with van der Waals surface area (Å²) in [7, 11) is 1.73. The topological polar surface area (TPSA) is 33.3 Å². The smallest absolute Gasteiger partial charge is 0.142 e. The van der Waals surface area contributed by atoms with Gasteiger partial charge in [-0.2, -0.15) is 0 Å².